The number of anilines is 1. The van der Waals surface area contributed by atoms with E-state index in [1.807, 2.05) is 25.1 Å². The molecule has 1 heterocycles. The number of aromatic nitrogens is 3. The van der Waals surface area contributed by atoms with Gasteiger partial charge in [-0.2, -0.15) is 0 Å². The van der Waals surface area contributed by atoms with Crippen LogP contribution in [0.15, 0.2) is 24.4 Å². The quantitative estimate of drug-likeness (QED) is 0.867. The number of aliphatic hydroxyl groups excluding tert-OH is 1. The molecule has 0 saturated carbocycles. The molecule has 2 N–H and O–H groups in total. The number of halogens is 1. The van der Waals surface area contributed by atoms with E-state index in [4.69, 9.17) is 16.7 Å². The van der Waals surface area contributed by atoms with Crippen molar-refractivity contribution < 1.29 is 5.11 Å². The number of aliphatic hydroxyl groups is 1. The number of hydrogen-bond acceptors (Lipinski definition) is 4. The van der Waals surface area contributed by atoms with Crippen LogP contribution in [0, 0.1) is 6.92 Å². The Bertz CT molecular complexity index is 527. The Morgan fingerprint density at radius 2 is 2.28 bits per heavy atom. The molecule has 0 aliphatic rings. The topological polar surface area (TPSA) is 63.0 Å². The summed E-state index contributed by atoms with van der Waals surface area (Å²) in [6.07, 6.45) is 1.80. The zero-order valence-electron chi connectivity index (χ0n) is 10.1. The van der Waals surface area contributed by atoms with E-state index in [9.17, 15) is 0 Å². The number of rotatable bonds is 5. The van der Waals surface area contributed by atoms with E-state index in [1.165, 1.54) is 0 Å². The van der Waals surface area contributed by atoms with Crippen LogP contribution >= 0.6 is 11.6 Å². The van der Waals surface area contributed by atoms with Crippen molar-refractivity contribution in [3.05, 3.63) is 40.7 Å². The summed E-state index contributed by atoms with van der Waals surface area (Å²) in [6.45, 7) is 3.06. The van der Waals surface area contributed by atoms with Crippen LogP contribution in [0.3, 0.4) is 0 Å². The number of benzene rings is 1. The molecule has 0 amide bonds. The first-order valence-electron chi connectivity index (χ1n) is 5.69. The Balaban J connectivity index is 1.97. The third-order valence-corrected chi connectivity index (χ3v) is 2.81. The first-order chi connectivity index (χ1) is 8.69. The van der Waals surface area contributed by atoms with Gasteiger partial charge in [0, 0.05) is 0 Å². The van der Waals surface area contributed by atoms with Gasteiger partial charge in [-0.15, -0.1) is 5.10 Å². The molecule has 2 rings (SSSR count). The lowest BCUT2D eigenvalue weighted by molar-refractivity contribution is 0.268. The highest BCUT2D eigenvalue weighted by Crippen LogP contribution is 2.22. The lowest BCUT2D eigenvalue weighted by Crippen LogP contribution is -2.02. The van der Waals surface area contributed by atoms with Crippen molar-refractivity contribution in [2.75, 3.05) is 11.9 Å². The van der Waals surface area contributed by atoms with Crippen molar-refractivity contribution in [1.29, 1.82) is 0 Å². The largest absolute Gasteiger partial charge is 0.394 e. The lowest BCUT2D eigenvalue weighted by Gasteiger charge is -2.06. The standard InChI is InChI=1S/C12H15ClN4O/c1-9-2-3-12(11(13)6-9)14-7-10-8-17(4-5-18)16-15-10/h2-3,6,8,14,18H,4-5,7H2,1H3. The van der Waals surface area contributed by atoms with Gasteiger partial charge in [0.1, 0.15) is 5.69 Å². The van der Waals surface area contributed by atoms with Gasteiger partial charge < -0.3 is 10.4 Å². The fourth-order valence-corrected chi connectivity index (χ4v) is 1.88. The second-order valence-electron chi connectivity index (χ2n) is 4.03. The molecule has 0 spiro atoms. The third kappa shape index (κ3) is 3.21. The normalized spacial score (nSPS) is 10.6. The van der Waals surface area contributed by atoms with E-state index in [1.54, 1.807) is 10.9 Å². The molecule has 0 bridgehead atoms. The number of hydrogen-bond donors (Lipinski definition) is 2. The van der Waals surface area contributed by atoms with Crippen molar-refractivity contribution in [2.24, 2.45) is 0 Å². The van der Waals surface area contributed by atoms with Gasteiger partial charge >= 0.3 is 0 Å². The lowest BCUT2D eigenvalue weighted by atomic mass is 10.2. The Morgan fingerprint density at radius 3 is 3.00 bits per heavy atom. The van der Waals surface area contributed by atoms with Crippen LogP contribution in [-0.2, 0) is 13.1 Å². The number of aryl methyl sites for hydroxylation is 1. The van der Waals surface area contributed by atoms with Gasteiger partial charge in [0.15, 0.2) is 0 Å². The van der Waals surface area contributed by atoms with E-state index < -0.39 is 0 Å². The minimum atomic E-state index is 0.0556. The van der Waals surface area contributed by atoms with Crippen molar-refractivity contribution in [3.63, 3.8) is 0 Å². The smallest absolute Gasteiger partial charge is 0.102 e. The fourth-order valence-electron chi connectivity index (χ4n) is 1.58. The van der Waals surface area contributed by atoms with Crippen LogP contribution in [0.5, 0.6) is 0 Å². The molecule has 0 fully saturated rings. The van der Waals surface area contributed by atoms with Gasteiger partial charge in [0.2, 0.25) is 0 Å². The van der Waals surface area contributed by atoms with E-state index in [2.05, 4.69) is 15.6 Å². The minimum Gasteiger partial charge on any atom is -0.394 e. The van der Waals surface area contributed by atoms with Crippen LogP contribution in [0.25, 0.3) is 0 Å². The molecule has 2 aromatic rings. The zero-order valence-corrected chi connectivity index (χ0v) is 10.9. The number of nitrogens with zero attached hydrogens (tertiary/aromatic N) is 3. The number of nitrogens with one attached hydrogen (secondary N) is 1. The van der Waals surface area contributed by atoms with Gasteiger partial charge in [-0.25, -0.2) is 4.68 Å². The summed E-state index contributed by atoms with van der Waals surface area (Å²) in [5.74, 6) is 0. The summed E-state index contributed by atoms with van der Waals surface area (Å²) in [6, 6.07) is 5.85. The molecule has 0 atom stereocenters. The van der Waals surface area contributed by atoms with E-state index >= 15 is 0 Å². The SMILES string of the molecule is Cc1ccc(NCc2cn(CCO)nn2)c(Cl)c1. The Labute approximate surface area is 110 Å². The fraction of sp³-hybridized carbons (Fsp3) is 0.333. The molecule has 96 valence electrons. The van der Waals surface area contributed by atoms with Gasteiger partial charge in [-0.3, -0.25) is 0 Å². The van der Waals surface area contributed by atoms with E-state index in [0.717, 1.165) is 16.9 Å². The summed E-state index contributed by atoms with van der Waals surface area (Å²) < 4.78 is 1.60. The molecular weight excluding hydrogens is 252 g/mol. The first-order valence-corrected chi connectivity index (χ1v) is 6.07. The second kappa shape index (κ2) is 5.84. The minimum absolute atomic E-state index is 0.0556. The van der Waals surface area contributed by atoms with Crippen molar-refractivity contribution in [1.82, 2.24) is 15.0 Å². The average molecular weight is 267 g/mol. The van der Waals surface area contributed by atoms with Crippen LogP contribution < -0.4 is 5.32 Å². The van der Waals surface area contributed by atoms with Crippen molar-refractivity contribution in [2.45, 2.75) is 20.0 Å². The van der Waals surface area contributed by atoms with E-state index in [-0.39, 0.29) is 6.61 Å². The Kier molecular flexibility index (Phi) is 4.17. The monoisotopic (exact) mass is 266 g/mol. The predicted molar refractivity (Wildman–Crippen MR) is 70.6 cm³/mol. The Morgan fingerprint density at radius 1 is 1.44 bits per heavy atom. The van der Waals surface area contributed by atoms with Crippen LogP contribution in [-0.4, -0.2) is 26.7 Å². The molecule has 5 nitrogen and oxygen atoms in total. The van der Waals surface area contributed by atoms with E-state index in [0.29, 0.717) is 18.1 Å². The van der Waals surface area contributed by atoms with Gasteiger partial charge in [0.25, 0.3) is 0 Å². The van der Waals surface area contributed by atoms with Gasteiger partial charge in [-0.05, 0) is 24.6 Å². The maximum Gasteiger partial charge on any atom is 0.102 e. The highest BCUT2D eigenvalue weighted by Gasteiger charge is 2.03. The molecule has 18 heavy (non-hydrogen) atoms. The van der Waals surface area contributed by atoms with Crippen molar-refractivity contribution >= 4 is 17.3 Å². The molecule has 0 unspecified atom stereocenters. The highest BCUT2D eigenvalue weighted by molar-refractivity contribution is 6.33. The second-order valence-corrected chi connectivity index (χ2v) is 4.44. The summed E-state index contributed by atoms with van der Waals surface area (Å²) in [4.78, 5) is 0. The first kappa shape index (κ1) is 12.9. The molecule has 0 aliphatic carbocycles. The molecule has 0 radical (unpaired) electrons. The van der Waals surface area contributed by atoms with Crippen LogP contribution in [0.2, 0.25) is 5.02 Å². The maximum atomic E-state index is 8.78. The molecule has 1 aromatic heterocycles. The molecule has 1 aromatic carbocycles. The van der Waals surface area contributed by atoms with Crippen LogP contribution in [0.4, 0.5) is 5.69 Å². The Hall–Kier alpha value is -1.59. The highest BCUT2D eigenvalue weighted by atomic mass is 35.5. The molecular formula is C12H15ClN4O. The summed E-state index contributed by atoms with van der Waals surface area (Å²) in [5, 5.41) is 20.6. The molecule has 0 aliphatic heterocycles. The molecule has 6 heteroatoms. The van der Waals surface area contributed by atoms with Crippen molar-refractivity contribution in [3.8, 4) is 0 Å². The van der Waals surface area contributed by atoms with Gasteiger partial charge in [-0.1, -0.05) is 22.9 Å². The third-order valence-electron chi connectivity index (χ3n) is 2.50. The molecule has 0 saturated heterocycles. The van der Waals surface area contributed by atoms with Gasteiger partial charge in [0.05, 0.1) is 36.6 Å². The summed E-state index contributed by atoms with van der Waals surface area (Å²) >= 11 is 6.11. The summed E-state index contributed by atoms with van der Waals surface area (Å²) in [5.41, 5.74) is 2.80. The predicted octanol–water partition coefficient (Wildman–Crippen LogP) is 1.84. The summed E-state index contributed by atoms with van der Waals surface area (Å²) in [7, 11) is 0. The van der Waals surface area contributed by atoms with Crippen LogP contribution in [0.1, 0.15) is 11.3 Å². The zero-order chi connectivity index (χ0) is 13.0. The average Bonchev–Trinajstić information content (AvgIpc) is 2.76. The maximum absolute atomic E-state index is 8.78.